The van der Waals surface area contributed by atoms with Gasteiger partial charge in [0.1, 0.15) is 11.2 Å². The molecule has 2 aromatic carbocycles. The van der Waals surface area contributed by atoms with Crippen molar-refractivity contribution in [1.82, 2.24) is 4.98 Å². The number of aryl methyl sites for hydroxylation is 2. The Hall–Kier alpha value is -2.48. The van der Waals surface area contributed by atoms with Crippen LogP contribution in [0.2, 0.25) is 0 Å². The van der Waals surface area contributed by atoms with Gasteiger partial charge in [-0.2, -0.15) is 0 Å². The van der Waals surface area contributed by atoms with Crippen LogP contribution in [0.3, 0.4) is 0 Å². The van der Waals surface area contributed by atoms with Gasteiger partial charge in [0.15, 0.2) is 5.69 Å². The van der Waals surface area contributed by atoms with E-state index in [1.165, 1.54) is 65.6 Å². The van der Waals surface area contributed by atoms with Crippen LogP contribution < -0.4 is 4.57 Å². The van der Waals surface area contributed by atoms with Crippen molar-refractivity contribution in [2.45, 2.75) is 71.8 Å². The standard InChI is InChI=1S/C27H33N2/c1-5-7-16-27(15-6-2)18-22-13-8-9-14-23(22)25-17-24(28-19-29(25)27)26-20(3)11-10-12-21(26)4/h8-14,17,19H,5-7,15-16,18H2,1-4H3/q+1/t27-/m0/s1. The molecular weight excluding hydrogens is 352 g/mol. The summed E-state index contributed by atoms with van der Waals surface area (Å²) >= 11 is 0. The lowest BCUT2D eigenvalue weighted by Gasteiger charge is -2.37. The maximum absolute atomic E-state index is 5.01. The number of benzene rings is 2. The molecule has 0 spiro atoms. The Morgan fingerprint density at radius 3 is 2.41 bits per heavy atom. The Balaban J connectivity index is 1.94. The molecular formula is C27H33N2+. The second-order valence-electron chi connectivity index (χ2n) is 8.71. The van der Waals surface area contributed by atoms with Gasteiger partial charge in [0.25, 0.3) is 6.33 Å². The van der Waals surface area contributed by atoms with Gasteiger partial charge in [0.2, 0.25) is 0 Å². The van der Waals surface area contributed by atoms with Gasteiger partial charge in [-0.25, -0.2) is 4.57 Å². The van der Waals surface area contributed by atoms with Crippen LogP contribution in [0.1, 0.15) is 62.6 Å². The van der Waals surface area contributed by atoms with Crippen molar-refractivity contribution in [2.75, 3.05) is 0 Å². The summed E-state index contributed by atoms with van der Waals surface area (Å²) in [6.07, 6.45) is 9.34. The van der Waals surface area contributed by atoms with Gasteiger partial charge < -0.3 is 0 Å². The molecule has 0 aliphatic carbocycles. The summed E-state index contributed by atoms with van der Waals surface area (Å²) in [5.74, 6) is 0. The lowest BCUT2D eigenvalue weighted by molar-refractivity contribution is -0.761. The van der Waals surface area contributed by atoms with Gasteiger partial charge >= 0.3 is 0 Å². The van der Waals surface area contributed by atoms with Crippen molar-refractivity contribution in [3.8, 4) is 22.5 Å². The molecule has 1 aliphatic heterocycles. The SMILES string of the molecule is CCCC[C@@]1(CCC)Cc2ccccc2-c2cc(-c3c(C)cccc3C)nc[n+]21. The Labute approximate surface area is 175 Å². The predicted molar refractivity (Wildman–Crippen MR) is 121 cm³/mol. The minimum atomic E-state index is 0.140. The first-order valence-corrected chi connectivity index (χ1v) is 11.2. The minimum Gasteiger partial charge on any atom is -0.224 e. The molecule has 150 valence electrons. The van der Waals surface area contributed by atoms with Crippen LogP contribution in [-0.2, 0) is 12.0 Å². The highest BCUT2D eigenvalue weighted by Gasteiger charge is 2.42. The number of aromatic nitrogens is 2. The zero-order valence-electron chi connectivity index (χ0n) is 18.3. The Morgan fingerprint density at radius 2 is 1.69 bits per heavy atom. The second-order valence-corrected chi connectivity index (χ2v) is 8.71. The van der Waals surface area contributed by atoms with E-state index in [0.717, 1.165) is 12.1 Å². The second kappa shape index (κ2) is 8.10. The van der Waals surface area contributed by atoms with Crippen LogP contribution in [0.15, 0.2) is 54.9 Å². The maximum atomic E-state index is 5.01. The van der Waals surface area contributed by atoms with E-state index in [9.17, 15) is 0 Å². The molecule has 0 fully saturated rings. The molecule has 2 heterocycles. The largest absolute Gasteiger partial charge is 0.287 e. The molecule has 0 radical (unpaired) electrons. The maximum Gasteiger partial charge on any atom is 0.287 e. The quantitative estimate of drug-likeness (QED) is 0.439. The molecule has 1 aliphatic rings. The number of unbranched alkanes of at least 4 members (excludes halogenated alkanes) is 1. The molecule has 29 heavy (non-hydrogen) atoms. The van der Waals surface area contributed by atoms with Crippen molar-refractivity contribution in [2.24, 2.45) is 0 Å². The highest BCUT2D eigenvalue weighted by Crippen LogP contribution is 2.39. The van der Waals surface area contributed by atoms with Crippen LogP contribution in [0.25, 0.3) is 22.5 Å². The normalized spacial score (nSPS) is 17.7. The van der Waals surface area contributed by atoms with E-state index in [0.29, 0.717) is 0 Å². The van der Waals surface area contributed by atoms with Crippen molar-refractivity contribution in [3.63, 3.8) is 0 Å². The van der Waals surface area contributed by atoms with E-state index in [1.807, 2.05) is 0 Å². The molecule has 3 aromatic rings. The van der Waals surface area contributed by atoms with E-state index >= 15 is 0 Å². The molecule has 2 heteroatoms. The van der Waals surface area contributed by atoms with E-state index < -0.39 is 0 Å². The summed E-state index contributed by atoms with van der Waals surface area (Å²) in [7, 11) is 0. The minimum absolute atomic E-state index is 0.140. The van der Waals surface area contributed by atoms with Gasteiger partial charge in [-0.1, -0.05) is 69.2 Å². The first-order chi connectivity index (χ1) is 14.1. The monoisotopic (exact) mass is 385 g/mol. The van der Waals surface area contributed by atoms with E-state index in [1.54, 1.807) is 0 Å². The first-order valence-electron chi connectivity index (χ1n) is 11.2. The predicted octanol–water partition coefficient (Wildman–Crippen LogP) is 6.56. The summed E-state index contributed by atoms with van der Waals surface area (Å²) in [6, 6.07) is 17.8. The molecule has 0 saturated heterocycles. The molecule has 1 aromatic heterocycles. The molecule has 0 N–H and O–H groups in total. The fraction of sp³-hybridized carbons (Fsp3) is 0.407. The summed E-state index contributed by atoms with van der Waals surface area (Å²) in [4.78, 5) is 5.01. The van der Waals surface area contributed by atoms with E-state index in [-0.39, 0.29) is 5.54 Å². The Kier molecular flexibility index (Phi) is 5.54. The first kappa shape index (κ1) is 19.8. The molecule has 2 nitrogen and oxygen atoms in total. The molecule has 4 rings (SSSR count). The average molecular weight is 386 g/mol. The van der Waals surface area contributed by atoms with Gasteiger partial charge in [-0.15, -0.1) is 0 Å². The van der Waals surface area contributed by atoms with Crippen molar-refractivity contribution in [3.05, 3.63) is 71.5 Å². The van der Waals surface area contributed by atoms with Crippen LogP contribution in [0.4, 0.5) is 0 Å². The van der Waals surface area contributed by atoms with Crippen LogP contribution >= 0.6 is 0 Å². The highest BCUT2D eigenvalue weighted by atomic mass is 15.1. The van der Waals surface area contributed by atoms with Gasteiger partial charge in [0.05, 0.1) is 0 Å². The third-order valence-electron chi connectivity index (χ3n) is 6.62. The number of rotatable bonds is 6. The number of fused-ring (bicyclic) bond motifs is 3. The summed E-state index contributed by atoms with van der Waals surface area (Å²) in [5, 5.41) is 0. The third kappa shape index (κ3) is 3.50. The Bertz CT molecular complexity index is 1000. The fourth-order valence-corrected chi connectivity index (χ4v) is 5.24. The topological polar surface area (TPSA) is 16.8 Å². The molecule has 0 saturated carbocycles. The third-order valence-corrected chi connectivity index (χ3v) is 6.62. The van der Waals surface area contributed by atoms with Crippen molar-refractivity contribution in [1.29, 1.82) is 0 Å². The van der Waals surface area contributed by atoms with Gasteiger partial charge in [-0.3, -0.25) is 0 Å². The summed E-state index contributed by atoms with van der Waals surface area (Å²) < 4.78 is 2.52. The number of hydrogen-bond acceptors (Lipinski definition) is 1. The fourth-order valence-electron chi connectivity index (χ4n) is 5.24. The number of nitrogens with zero attached hydrogens (tertiary/aromatic N) is 2. The molecule has 0 bridgehead atoms. The van der Waals surface area contributed by atoms with Gasteiger partial charge in [-0.05, 0) is 54.8 Å². The van der Waals surface area contributed by atoms with E-state index in [4.69, 9.17) is 4.98 Å². The van der Waals surface area contributed by atoms with Gasteiger partial charge in [0, 0.05) is 23.6 Å². The molecule has 1 atom stereocenters. The van der Waals surface area contributed by atoms with Crippen molar-refractivity contribution < 1.29 is 4.57 Å². The Morgan fingerprint density at radius 1 is 0.931 bits per heavy atom. The van der Waals surface area contributed by atoms with E-state index in [2.05, 4.69) is 87.1 Å². The lowest BCUT2D eigenvalue weighted by Crippen LogP contribution is -2.61. The number of hydrogen-bond donors (Lipinski definition) is 0. The lowest BCUT2D eigenvalue weighted by atomic mass is 9.77. The van der Waals surface area contributed by atoms with Crippen molar-refractivity contribution >= 4 is 0 Å². The van der Waals surface area contributed by atoms with Crippen LogP contribution in [-0.4, -0.2) is 4.98 Å². The zero-order chi connectivity index (χ0) is 20.4. The highest BCUT2D eigenvalue weighted by molar-refractivity contribution is 5.72. The average Bonchev–Trinajstić information content (AvgIpc) is 2.72. The smallest absolute Gasteiger partial charge is 0.224 e. The summed E-state index contributed by atoms with van der Waals surface area (Å²) in [6.45, 7) is 8.98. The molecule has 0 unspecified atom stereocenters. The summed E-state index contributed by atoms with van der Waals surface area (Å²) in [5.41, 5.74) is 9.25. The van der Waals surface area contributed by atoms with Crippen LogP contribution in [0, 0.1) is 13.8 Å². The van der Waals surface area contributed by atoms with Crippen LogP contribution in [0.5, 0.6) is 0 Å². The molecule has 0 amide bonds. The zero-order valence-corrected chi connectivity index (χ0v) is 18.3.